The number of ether oxygens (including phenoxy) is 1. The van der Waals surface area contributed by atoms with Crippen molar-refractivity contribution in [2.45, 2.75) is 57.7 Å². The van der Waals surface area contributed by atoms with Crippen LogP contribution >= 0.6 is 0 Å². The largest absolute Gasteiger partial charge is 0.381 e. The summed E-state index contributed by atoms with van der Waals surface area (Å²) in [5.74, 6) is 0. The number of piperidine rings is 1. The van der Waals surface area contributed by atoms with Gasteiger partial charge < -0.3 is 9.64 Å². The van der Waals surface area contributed by atoms with Crippen LogP contribution in [0.2, 0.25) is 0 Å². The highest BCUT2D eigenvalue weighted by Crippen LogP contribution is 2.22. The Bertz CT molecular complexity index is 301. The molecule has 3 aliphatic heterocycles. The minimum absolute atomic E-state index is 0.719. The topological polar surface area (TPSA) is 19.0 Å². The molecule has 0 unspecified atom stereocenters. The molecule has 0 atom stereocenters. The number of nitrogens with zero attached hydrogens (tertiary/aromatic N) is 3. The van der Waals surface area contributed by atoms with E-state index in [1.807, 2.05) is 0 Å². The molecular formula is C17H33N3O. The summed E-state index contributed by atoms with van der Waals surface area (Å²) >= 11 is 0. The summed E-state index contributed by atoms with van der Waals surface area (Å²) in [6.45, 7) is 14.3. The molecule has 3 fully saturated rings. The fourth-order valence-electron chi connectivity index (χ4n) is 4.29. The van der Waals surface area contributed by atoms with Crippen LogP contribution in [0.5, 0.6) is 0 Å². The van der Waals surface area contributed by atoms with Crippen molar-refractivity contribution in [3.05, 3.63) is 0 Å². The summed E-state index contributed by atoms with van der Waals surface area (Å²) in [6.07, 6.45) is 5.23. The Balaban J connectivity index is 1.41. The van der Waals surface area contributed by atoms with Gasteiger partial charge in [0.25, 0.3) is 0 Å². The zero-order valence-electron chi connectivity index (χ0n) is 14.0. The molecule has 4 heteroatoms. The van der Waals surface area contributed by atoms with Crippen molar-refractivity contribution in [2.75, 3.05) is 52.5 Å². The fraction of sp³-hybridized carbons (Fsp3) is 1.00. The molecule has 3 aliphatic rings. The fourth-order valence-corrected chi connectivity index (χ4v) is 4.29. The first-order valence-corrected chi connectivity index (χ1v) is 9.04. The van der Waals surface area contributed by atoms with Crippen molar-refractivity contribution in [3.63, 3.8) is 0 Å². The summed E-state index contributed by atoms with van der Waals surface area (Å²) in [7, 11) is 0. The van der Waals surface area contributed by atoms with Crippen LogP contribution in [0.1, 0.15) is 39.5 Å². The number of rotatable bonds is 3. The maximum absolute atomic E-state index is 5.49. The summed E-state index contributed by atoms with van der Waals surface area (Å²) in [6, 6.07) is 2.36. The molecule has 122 valence electrons. The number of piperazine rings is 1. The molecular weight excluding hydrogens is 262 g/mol. The van der Waals surface area contributed by atoms with Gasteiger partial charge >= 0.3 is 0 Å². The van der Waals surface area contributed by atoms with Gasteiger partial charge in [-0.3, -0.25) is 9.80 Å². The van der Waals surface area contributed by atoms with E-state index >= 15 is 0 Å². The standard InChI is InChI=1S/C17H33N3O/c1-15(2)18-7-3-16(4-8-18)19-9-11-20(12-10-19)17-5-13-21-14-6-17/h15-17H,3-14H2,1-2H3. The zero-order chi connectivity index (χ0) is 14.7. The Morgan fingerprint density at radius 1 is 0.714 bits per heavy atom. The third-order valence-electron chi connectivity index (χ3n) is 5.80. The Morgan fingerprint density at radius 3 is 1.67 bits per heavy atom. The molecule has 4 nitrogen and oxygen atoms in total. The van der Waals surface area contributed by atoms with Crippen LogP contribution in [0.4, 0.5) is 0 Å². The number of hydrogen-bond donors (Lipinski definition) is 0. The molecule has 0 radical (unpaired) electrons. The second-order valence-corrected chi connectivity index (χ2v) is 7.28. The summed E-state index contributed by atoms with van der Waals surface area (Å²) < 4.78 is 5.49. The van der Waals surface area contributed by atoms with E-state index < -0.39 is 0 Å². The lowest BCUT2D eigenvalue weighted by Crippen LogP contribution is -2.56. The maximum Gasteiger partial charge on any atom is 0.0480 e. The summed E-state index contributed by atoms with van der Waals surface area (Å²) in [4.78, 5) is 8.13. The molecule has 21 heavy (non-hydrogen) atoms. The number of likely N-dealkylation sites (tertiary alicyclic amines) is 1. The van der Waals surface area contributed by atoms with Crippen LogP contribution in [0.25, 0.3) is 0 Å². The molecule has 0 aromatic rings. The summed E-state index contributed by atoms with van der Waals surface area (Å²) in [5, 5.41) is 0. The van der Waals surface area contributed by atoms with Crippen LogP contribution in [-0.2, 0) is 4.74 Å². The van der Waals surface area contributed by atoms with Gasteiger partial charge in [-0.15, -0.1) is 0 Å². The van der Waals surface area contributed by atoms with Crippen molar-refractivity contribution in [1.29, 1.82) is 0 Å². The van der Waals surface area contributed by atoms with E-state index in [1.165, 1.54) is 65.0 Å². The van der Waals surface area contributed by atoms with Crippen LogP contribution in [0.3, 0.4) is 0 Å². The molecule has 0 bridgehead atoms. The monoisotopic (exact) mass is 295 g/mol. The van der Waals surface area contributed by atoms with Crippen molar-refractivity contribution >= 4 is 0 Å². The smallest absolute Gasteiger partial charge is 0.0480 e. The van der Waals surface area contributed by atoms with E-state index in [9.17, 15) is 0 Å². The highest BCUT2D eigenvalue weighted by atomic mass is 16.5. The van der Waals surface area contributed by atoms with E-state index in [2.05, 4.69) is 28.5 Å². The minimum atomic E-state index is 0.719. The molecule has 0 aliphatic carbocycles. The van der Waals surface area contributed by atoms with Crippen molar-refractivity contribution in [1.82, 2.24) is 14.7 Å². The van der Waals surface area contributed by atoms with Gasteiger partial charge in [-0.1, -0.05) is 0 Å². The Labute approximate surface area is 130 Å². The van der Waals surface area contributed by atoms with E-state index in [1.54, 1.807) is 0 Å². The minimum Gasteiger partial charge on any atom is -0.381 e. The highest BCUT2D eigenvalue weighted by molar-refractivity contribution is 4.86. The molecule has 0 saturated carbocycles. The van der Waals surface area contributed by atoms with Crippen molar-refractivity contribution < 1.29 is 4.74 Å². The molecule has 3 heterocycles. The van der Waals surface area contributed by atoms with Crippen molar-refractivity contribution in [3.8, 4) is 0 Å². The Hall–Kier alpha value is -0.160. The number of hydrogen-bond acceptors (Lipinski definition) is 4. The average Bonchev–Trinajstić information content (AvgIpc) is 2.56. The maximum atomic E-state index is 5.49. The molecule has 0 spiro atoms. The van der Waals surface area contributed by atoms with Gasteiger partial charge in [-0.2, -0.15) is 0 Å². The predicted molar refractivity (Wildman–Crippen MR) is 86.7 cm³/mol. The SMILES string of the molecule is CC(C)N1CCC(N2CCN(C3CCOCC3)CC2)CC1. The zero-order valence-corrected chi connectivity index (χ0v) is 14.0. The molecule has 0 amide bonds. The highest BCUT2D eigenvalue weighted by Gasteiger charge is 2.30. The van der Waals surface area contributed by atoms with Gasteiger partial charge in [0, 0.05) is 57.5 Å². The molecule has 0 aromatic heterocycles. The Kier molecular flexibility index (Phi) is 5.54. The van der Waals surface area contributed by atoms with Gasteiger partial charge in [-0.05, 0) is 52.6 Å². The van der Waals surface area contributed by atoms with E-state index in [4.69, 9.17) is 4.74 Å². The van der Waals surface area contributed by atoms with Crippen LogP contribution in [0, 0.1) is 0 Å². The van der Waals surface area contributed by atoms with E-state index in [0.29, 0.717) is 0 Å². The lowest BCUT2D eigenvalue weighted by molar-refractivity contribution is -0.00208. The van der Waals surface area contributed by atoms with Crippen LogP contribution in [0.15, 0.2) is 0 Å². The van der Waals surface area contributed by atoms with Gasteiger partial charge in [0.05, 0.1) is 0 Å². The predicted octanol–water partition coefficient (Wildman–Crippen LogP) is 1.66. The third-order valence-corrected chi connectivity index (χ3v) is 5.80. The molecule has 3 saturated heterocycles. The first kappa shape index (κ1) is 15.7. The second-order valence-electron chi connectivity index (χ2n) is 7.28. The van der Waals surface area contributed by atoms with Gasteiger partial charge in [0.2, 0.25) is 0 Å². The third kappa shape index (κ3) is 3.98. The first-order chi connectivity index (χ1) is 10.2. The summed E-state index contributed by atoms with van der Waals surface area (Å²) in [5.41, 5.74) is 0. The molecule has 0 N–H and O–H groups in total. The quantitative estimate of drug-likeness (QED) is 0.788. The van der Waals surface area contributed by atoms with Gasteiger partial charge in [0.15, 0.2) is 0 Å². The van der Waals surface area contributed by atoms with E-state index in [0.717, 1.165) is 31.3 Å². The second kappa shape index (κ2) is 7.40. The van der Waals surface area contributed by atoms with Crippen LogP contribution in [-0.4, -0.2) is 85.3 Å². The normalized spacial score (nSPS) is 29.3. The van der Waals surface area contributed by atoms with Gasteiger partial charge in [-0.25, -0.2) is 0 Å². The van der Waals surface area contributed by atoms with E-state index in [-0.39, 0.29) is 0 Å². The lowest BCUT2D eigenvalue weighted by Gasteiger charge is -2.45. The first-order valence-electron chi connectivity index (χ1n) is 9.04. The molecule has 0 aromatic carbocycles. The molecule has 3 rings (SSSR count). The van der Waals surface area contributed by atoms with Crippen LogP contribution < -0.4 is 0 Å². The van der Waals surface area contributed by atoms with Gasteiger partial charge in [0.1, 0.15) is 0 Å². The Morgan fingerprint density at radius 2 is 1.19 bits per heavy atom. The van der Waals surface area contributed by atoms with Crippen molar-refractivity contribution in [2.24, 2.45) is 0 Å². The lowest BCUT2D eigenvalue weighted by atomic mass is 10.00. The average molecular weight is 295 g/mol.